The molecule has 0 saturated heterocycles. The maximum absolute atomic E-state index is 4.73. The Morgan fingerprint density at radius 2 is 1.96 bits per heavy atom. The van der Waals surface area contributed by atoms with Crippen LogP contribution in [0.3, 0.4) is 0 Å². The second kappa shape index (κ2) is 11.0. The number of aliphatic imine (C=N–C) groups is 1. The van der Waals surface area contributed by atoms with Gasteiger partial charge in [-0.25, -0.2) is 4.99 Å². The van der Waals surface area contributed by atoms with Crippen molar-refractivity contribution in [1.29, 1.82) is 0 Å². The molecule has 0 unspecified atom stereocenters. The van der Waals surface area contributed by atoms with Gasteiger partial charge in [0, 0.05) is 36.9 Å². The van der Waals surface area contributed by atoms with E-state index in [1.807, 2.05) is 19.2 Å². The topological polar surface area (TPSA) is 67.1 Å². The number of rotatable bonds is 7. The highest BCUT2D eigenvalue weighted by molar-refractivity contribution is 14.0. The van der Waals surface area contributed by atoms with E-state index < -0.39 is 0 Å². The lowest BCUT2D eigenvalue weighted by molar-refractivity contribution is 0.555. The molecule has 3 rings (SSSR count). The average Bonchev–Trinajstić information content (AvgIpc) is 3.00. The van der Waals surface area contributed by atoms with E-state index in [4.69, 9.17) is 4.99 Å². The average molecular weight is 492 g/mol. The molecular weight excluding hydrogens is 463 g/mol. The van der Waals surface area contributed by atoms with Crippen LogP contribution in [-0.4, -0.2) is 33.8 Å². The van der Waals surface area contributed by atoms with Gasteiger partial charge in [-0.05, 0) is 44.9 Å². The number of hydrogen-bond donors (Lipinski definition) is 2. The highest BCUT2D eigenvalue weighted by atomic mass is 127. The van der Waals surface area contributed by atoms with Crippen LogP contribution in [0.4, 0.5) is 0 Å². The van der Waals surface area contributed by atoms with E-state index in [1.165, 1.54) is 5.69 Å². The summed E-state index contributed by atoms with van der Waals surface area (Å²) in [5.41, 5.74) is 4.42. The molecule has 0 bridgehead atoms. The Bertz CT molecular complexity index is 913. The van der Waals surface area contributed by atoms with Crippen molar-refractivity contribution < 1.29 is 0 Å². The fraction of sp³-hybridized carbons (Fsp3) is 0.381. The van der Waals surface area contributed by atoms with Gasteiger partial charge < -0.3 is 10.6 Å². The summed E-state index contributed by atoms with van der Waals surface area (Å²) in [5.74, 6) is 0.832. The van der Waals surface area contributed by atoms with Gasteiger partial charge in [-0.2, -0.15) is 5.10 Å². The molecule has 0 spiro atoms. The minimum Gasteiger partial charge on any atom is -0.357 e. The summed E-state index contributed by atoms with van der Waals surface area (Å²) >= 11 is 0. The molecule has 150 valence electrons. The number of aryl methyl sites for hydroxylation is 3. The van der Waals surface area contributed by atoms with Crippen molar-refractivity contribution in [3.05, 3.63) is 59.5 Å². The maximum atomic E-state index is 4.73. The van der Waals surface area contributed by atoms with Crippen molar-refractivity contribution in [2.45, 2.75) is 40.3 Å². The molecule has 7 heteroatoms. The molecule has 2 N–H and O–H groups in total. The monoisotopic (exact) mass is 492 g/mol. The van der Waals surface area contributed by atoms with Crippen LogP contribution in [0.1, 0.15) is 30.3 Å². The van der Waals surface area contributed by atoms with Crippen molar-refractivity contribution in [2.75, 3.05) is 13.1 Å². The molecule has 2 heterocycles. The van der Waals surface area contributed by atoms with Crippen molar-refractivity contribution in [2.24, 2.45) is 4.99 Å². The normalized spacial score (nSPS) is 11.3. The largest absolute Gasteiger partial charge is 0.357 e. The molecule has 0 saturated carbocycles. The third-order valence-corrected chi connectivity index (χ3v) is 4.41. The molecule has 0 atom stereocenters. The lowest BCUT2D eigenvalue weighted by Gasteiger charge is -2.12. The Balaban J connectivity index is 0.00000280. The van der Waals surface area contributed by atoms with Gasteiger partial charge in [-0.1, -0.05) is 24.3 Å². The number of nitrogens with zero attached hydrogens (tertiary/aromatic N) is 4. The Morgan fingerprint density at radius 3 is 2.71 bits per heavy atom. The van der Waals surface area contributed by atoms with Crippen LogP contribution in [0.2, 0.25) is 0 Å². The van der Waals surface area contributed by atoms with Gasteiger partial charge in [0.15, 0.2) is 5.96 Å². The molecule has 2 aromatic heterocycles. The molecule has 0 radical (unpaired) electrons. The molecule has 0 fully saturated rings. The minimum atomic E-state index is 0. The molecular formula is C21H29IN6. The Kier molecular flexibility index (Phi) is 8.69. The molecule has 0 aliphatic carbocycles. The lowest BCUT2D eigenvalue weighted by atomic mass is 10.1. The summed E-state index contributed by atoms with van der Waals surface area (Å²) in [4.78, 5) is 9.24. The quantitative estimate of drug-likeness (QED) is 0.228. The number of hydrogen-bond acceptors (Lipinski definition) is 3. The first-order chi connectivity index (χ1) is 13.2. The summed E-state index contributed by atoms with van der Waals surface area (Å²) in [6.07, 6.45) is 2.82. The van der Waals surface area contributed by atoms with Crippen molar-refractivity contribution >= 4 is 40.8 Å². The summed E-state index contributed by atoms with van der Waals surface area (Å²) in [6, 6.07) is 12.4. The summed E-state index contributed by atoms with van der Waals surface area (Å²) in [5, 5.41) is 12.4. The summed E-state index contributed by atoms with van der Waals surface area (Å²) in [7, 11) is 0. The number of aromatic nitrogens is 3. The van der Waals surface area contributed by atoms with Gasteiger partial charge in [-0.15, -0.1) is 24.0 Å². The van der Waals surface area contributed by atoms with Crippen molar-refractivity contribution in [1.82, 2.24) is 25.4 Å². The zero-order valence-corrected chi connectivity index (χ0v) is 19.1. The minimum absolute atomic E-state index is 0. The highest BCUT2D eigenvalue weighted by Crippen LogP contribution is 2.16. The zero-order chi connectivity index (χ0) is 19.1. The SMILES string of the molecule is CCNC(=NCc1cccc2cccnc12)NCCCn1nc(C)cc1C.I. The molecule has 3 aromatic rings. The molecule has 1 aromatic carbocycles. The number of nitrogens with one attached hydrogen (secondary N) is 2. The predicted molar refractivity (Wildman–Crippen MR) is 126 cm³/mol. The second-order valence-electron chi connectivity index (χ2n) is 6.62. The van der Waals surface area contributed by atoms with Crippen LogP contribution >= 0.6 is 24.0 Å². The van der Waals surface area contributed by atoms with E-state index in [0.717, 1.165) is 54.2 Å². The van der Waals surface area contributed by atoms with E-state index in [-0.39, 0.29) is 24.0 Å². The molecule has 0 aliphatic heterocycles. The standard InChI is InChI=1S/C21H28N6.HI/c1-4-22-21(24-12-7-13-27-17(3)14-16(2)26-27)25-15-19-9-5-8-18-10-6-11-23-20(18)19;/h5-6,8-11,14H,4,7,12-13,15H2,1-3H3,(H2,22,24,25);1H. The number of benzene rings is 1. The molecule has 6 nitrogen and oxygen atoms in total. The van der Waals surface area contributed by atoms with Crippen LogP contribution in [0.5, 0.6) is 0 Å². The van der Waals surface area contributed by atoms with Gasteiger partial charge in [0.05, 0.1) is 17.8 Å². The van der Waals surface area contributed by atoms with Gasteiger partial charge >= 0.3 is 0 Å². The fourth-order valence-corrected chi connectivity index (χ4v) is 3.14. The zero-order valence-electron chi connectivity index (χ0n) is 16.8. The smallest absolute Gasteiger partial charge is 0.191 e. The molecule has 0 aliphatic rings. The second-order valence-corrected chi connectivity index (χ2v) is 6.62. The van der Waals surface area contributed by atoms with Gasteiger partial charge in [-0.3, -0.25) is 9.67 Å². The molecule has 28 heavy (non-hydrogen) atoms. The number of halogens is 1. The lowest BCUT2D eigenvalue weighted by Crippen LogP contribution is -2.38. The van der Waals surface area contributed by atoms with Crippen LogP contribution < -0.4 is 10.6 Å². The van der Waals surface area contributed by atoms with Gasteiger partial charge in [0.2, 0.25) is 0 Å². The van der Waals surface area contributed by atoms with Crippen LogP contribution in [0, 0.1) is 13.8 Å². The van der Waals surface area contributed by atoms with Crippen LogP contribution in [0.25, 0.3) is 10.9 Å². The number of fused-ring (bicyclic) bond motifs is 1. The van der Waals surface area contributed by atoms with Crippen molar-refractivity contribution in [3.63, 3.8) is 0 Å². The van der Waals surface area contributed by atoms with Crippen molar-refractivity contribution in [3.8, 4) is 0 Å². The van der Waals surface area contributed by atoms with E-state index >= 15 is 0 Å². The van der Waals surface area contributed by atoms with Crippen LogP contribution in [0.15, 0.2) is 47.6 Å². The Labute approximate surface area is 183 Å². The van der Waals surface area contributed by atoms with Gasteiger partial charge in [0.25, 0.3) is 0 Å². The maximum Gasteiger partial charge on any atom is 0.191 e. The predicted octanol–water partition coefficient (Wildman–Crippen LogP) is 3.81. The third-order valence-electron chi connectivity index (χ3n) is 4.41. The summed E-state index contributed by atoms with van der Waals surface area (Å²) in [6.45, 7) is 9.37. The number of guanidine groups is 1. The number of para-hydroxylation sites is 1. The van der Waals surface area contributed by atoms with Gasteiger partial charge in [0.1, 0.15) is 0 Å². The fourth-order valence-electron chi connectivity index (χ4n) is 3.14. The van der Waals surface area contributed by atoms with E-state index in [0.29, 0.717) is 6.54 Å². The van der Waals surface area contributed by atoms with Crippen LogP contribution in [-0.2, 0) is 13.1 Å². The Morgan fingerprint density at radius 1 is 1.14 bits per heavy atom. The highest BCUT2D eigenvalue weighted by Gasteiger charge is 2.03. The van der Waals surface area contributed by atoms with E-state index in [1.54, 1.807) is 0 Å². The molecule has 0 amide bonds. The first-order valence-corrected chi connectivity index (χ1v) is 9.53. The Hall–Kier alpha value is -2.16. The first kappa shape index (κ1) is 22.1. The number of pyridine rings is 1. The van der Waals surface area contributed by atoms with E-state index in [2.05, 4.69) is 69.6 Å². The summed E-state index contributed by atoms with van der Waals surface area (Å²) < 4.78 is 2.06. The third kappa shape index (κ3) is 5.92. The first-order valence-electron chi connectivity index (χ1n) is 9.53. The van der Waals surface area contributed by atoms with E-state index in [9.17, 15) is 0 Å².